The smallest absolute Gasteiger partial charge is 0.0949 e. The molecule has 1 heterocycles. The summed E-state index contributed by atoms with van der Waals surface area (Å²) in [4.78, 5) is 0. The van der Waals surface area contributed by atoms with Gasteiger partial charge >= 0.3 is 0 Å². The van der Waals surface area contributed by atoms with Crippen molar-refractivity contribution in [2.45, 2.75) is 51.2 Å². The largest absolute Gasteiger partial charge is 0.372 e. The Hall–Kier alpha value is -0.860. The van der Waals surface area contributed by atoms with Crippen LogP contribution in [0.5, 0.6) is 0 Å². The van der Waals surface area contributed by atoms with E-state index < -0.39 is 0 Å². The average molecular weight is 259 g/mol. The maximum atomic E-state index is 6.17. The summed E-state index contributed by atoms with van der Waals surface area (Å²) in [6, 6.07) is 9.63. The molecule has 2 fully saturated rings. The standard InChI is InChI=1S/C17H25NO/c1-2-13-7-9-14(10-8-13)17-11-18-16-6-4-3-5-15(16)12-19-17/h7-10,15-18H,2-6,11-12H2,1H3. The Kier molecular flexibility index (Phi) is 4.19. The Morgan fingerprint density at radius 3 is 2.74 bits per heavy atom. The van der Waals surface area contributed by atoms with Gasteiger partial charge in [0, 0.05) is 12.6 Å². The lowest BCUT2D eigenvalue weighted by Gasteiger charge is -2.29. The van der Waals surface area contributed by atoms with Gasteiger partial charge in [-0.3, -0.25) is 0 Å². The van der Waals surface area contributed by atoms with Crippen LogP contribution < -0.4 is 5.32 Å². The van der Waals surface area contributed by atoms with Crippen molar-refractivity contribution in [1.82, 2.24) is 5.32 Å². The van der Waals surface area contributed by atoms with Gasteiger partial charge in [0.2, 0.25) is 0 Å². The van der Waals surface area contributed by atoms with Crippen molar-refractivity contribution in [2.75, 3.05) is 13.2 Å². The lowest BCUT2D eigenvalue weighted by atomic mass is 9.85. The molecule has 1 N–H and O–H groups in total. The first-order valence-corrected chi connectivity index (χ1v) is 7.80. The molecule has 1 saturated carbocycles. The fourth-order valence-electron chi connectivity index (χ4n) is 3.42. The van der Waals surface area contributed by atoms with Crippen molar-refractivity contribution in [3.05, 3.63) is 35.4 Å². The SMILES string of the molecule is CCc1ccc(C2CNC3CCCCC3CO2)cc1. The topological polar surface area (TPSA) is 21.3 Å². The molecule has 1 saturated heterocycles. The van der Waals surface area contributed by atoms with Gasteiger partial charge in [0.25, 0.3) is 0 Å². The first-order chi connectivity index (χ1) is 9.36. The molecule has 2 aliphatic rings. The lowest BCUT2D eigenvalue weighted by molar-refractivity contribution is 0.0401. The number of benzene rings is 1. The molecule has 1 aromatic carbocycles. The highest BCUT2D eigenvalue weighted by atomic mass is 16.5. The Bertz CT molecular complexity index is 384. The molecule has 1 aromatic rings. The van der Waals surface area contributed by atoms with Gasteiger partial charge in [-0.1, -0.05) is 44.0 Å². The van der Waals surface area contributed by atoms with Crippen LogP contribution in [0.4, 0.5) is 0 Å². The monoisotopic (exact) mass is 259 g/mol. The normalized spacial score (nSPS) is 31.5. The van der Waals surface area contributed by atoms with Gasteiger partial charge in [0.1, 0.15) is 0 Å². The number of hydrogen-bond acceptors (Lipinski definition) is 2. The molecule has 0 radical (unpaired) electrons. The Morgan fingerprint density at radius 2 is 1.95 bits per heavy atom. The number of nitrogens with one attached hydrogen (secondary N) is 1. The van der Waals surface area contributed by atoms with Crippen LogP contribution in [-0.4, -0.2) is 19.2 Å². The van der Waals surface area contributed by atoms with E-state index >= 15 is 0 Å². The zero-order valence-corrected chi connectivity index (χ0v) is 11.9. The number of hydrogen-bond donors (Lipinski definition) is 1. The van der Waals surface area contributed by atoms with Gasteiger partial charge in [-0.2, -0.15) is 0 Å². The van der Waals surface area contributed by atoms with E-state index in [-0.39, 0.29) is 6.10 Å². The quantitative estimate of drug-likeness (QED) is 0.878. The molecule has 1 aliphatic heterocycles. The Morgan fingerprint density at radius 1 is 1.16 bits per heavy atom. The maximum absolute atomic E-state index is 6.17. The van der Waals surface area contributed by atoms with Gasteiger partial charge in [0.15, 0.2) is 0 Å². The van der Waals surface area contributed by atoms with Crippen molar-refractivity contribution in [3.63, 3.8) is 0 Å². The molecule has 0 amide bonds. The molecule has 0 spiro atoms. The molecule has 2 nitrogen and oxygen atoms in total. The van der Waals surface area contributed by atoms with Crippen molar-refractivity contribution in [1.29, 1.82) is 0 Å². The summed E-state index contributed by atoms with van der Waals surface area (Å²) in [6.45, 7) is 4.09. The molecular formula is C17H25NO. The molecule has 3 atom stereocenters. The Labute approximate surface area is 116 Å². The van der Waals surface area contributed by atoms with Gasteiger partial charge in [0.05, 0.1) is 12.7 Å². The molecule has 0 bridgehead atoms. The first kappa shape index (κ1) is 13.1. The van der Waals surface area contributed by atoms with Crippen LogP contribution >= 0.6 is 0 Å². The van der Waals surface area contributed by atoms with E-state index in [0.717, 1.165) is 25.5 Å². The summed E-state index contributed by atoms with van der Waals surface area (Å²) in [5.74, 6) is 0.730. The molecule has 2 heteroatoms. The summed E-state index contributed by atoms with van der Waals surface area (Å²) >= 11 is 0. The number of aryl methyl sites for hydroxylation is 1. The third kappa shape index (κ3) is 3.01. The third-order valence-corrected chi connectivity index (χ3v) is 4.75. The molecular weight excluding hydrogens is 234 g/mol. The van der Waals surface area contributed by atoms with Crippen LogP contribution in [0, 0.1) is 5.92 Å². The van der Waals surface area contributed by atoms with E-state index in [1.54, 1.807) is 0 Å². The van der Waals surface area contributed by atoms with Crippen LogP contribution in [-0.2, 0) is 11.2 Å². The highest BCUT2D eigenvalue weighted by molar-refractivity contribution is 5.24. The van der Waals surface area contributed by atoms with Crippen molar-refractivity contribution in [2.24, 2.45) is 5.92 Å². The van der Waals surface area contributed by atoms with E-state index in [2.05, 4.69) is 36.5 Å². The van der Waals surface area contributed by atoms with Crippen LogP contribution in [0.15, 0.2) is 24.3 Å². The molecule has 19 heavy (non-hydrogen) atoms. The molecule has 0 aromatic heterocycles. The maximum Gasteiger partial charge on any atom is 0.0949 e. The lowest BCUT2D eigenvalue weighted by Crippen LogP contribution is -2.38. The predicted octanol–water partition coefficient (Wildman–Crippen LogP) is 3.47. The highest BCUT2D eigenvalue weighted by Gasteiger charge is 2.29. The minimum atomic E-state index is 0.233. The zero-order valence-electron chi connectivity index (χ0n) is 11.9. The van der Waals surface area contributed by atoms with Gasteiger partial charge in [-0.15, -0.1) is 0 Å². The van der Waals surface area contributed by atoms with Gasteiger partial charge in [-0.05, 0) is 36.3 Å². The number of ether oxygens (including phenoxy) is 1. The van der Waals surface area contributed by atoms with Gasteiger partial charge in [-0.25, -0.2) is 0 Å². The average Bonchev–Trinajstić information content (AvgIpc) is 2.70. The minimum Gasteiger partial charge on any atom is -0.372 e. The van der Waals surface area contributed by atoms with E-state index in [4.69, 9.17) is 4.74 Å². The van der Waals surface area contributed by atoms with Crippen molar-refractivity contribution >= 4 is 0 Å². The summed E-state index contributed by atoms with van der Waals surface area (Å²) in [5.41, 5.74) is 2.72. The fraction of sp³-hybridized carbons (Fsp3) is 0.647. The van der Waals surface area contributed by atoms with Crippen molar-refractivity contribution < 1.29 is 4.74 Å². The molecule has 104 valence electrons. The van der Waals surface area contributed by atoms with E-state index in [1.165, 1.54) is 36.8 Å². The molecule has 3 unspecified atom stereocenters. The van der Waals surface area contributed by atoms with Crippen LogP contribution in [0.3, 0.4) is 0 Å². The third-order valence-electron chi connectivity index (χ3n) is 4.75. The Balaban J connectivity index is 1.68. The zero-order chi connectivity index (χ0) is 13.1. The molecule has 1 aliphatic carbocycles. The second-order valence-corrected chi connectivity index (χ2v) is 5.98. The van der Waals surface area contributed by atoms with Crippen LogP contribution in [0.25, 0.3) is 0 Å². The summed E-state index contributed by atoms with van der Waals surface area (Å²) in [5, 5.41) is 3.74. The first-order valence-electron chi connectivity index (χ1n) is 7.80. The minimum absolute atomic E-state index is 0.233. The van der Waals surface area contributed by atoms with E-state index in [1.807, 2.05) is 0 Å². The van der Waals surface area contributed by atoms with Crippen LogP contribution in [0.2, 0.25) is 0 Å². The van der Waals surface area contributed by atoms with Gasteiger partial charge < -0.3 is 10.1 Å². The summed E-state index contributed by atoms with van der Waals surface area (Å²) < 4.78 is 6.17. The van der Waals surface area contributed by atoms with E-state index in [0.29, 0.717) is 6.04 Å². The second kappa shape index (κ2) is 6.06. The predicted molar refractivity (Wildman–Crippen MR) is 78.3 cm³/mol. The van der Waals surface area contributed by atoms with Crippen LogP contribution in [0.1, 0.15) is 49.8 Å². The number of fused-ring (bicyclic) bond motifs is 1. The highest BCUT2D eigenvalue weighted by Crippen LogP contribution is 2.30. The summed E-state index contributed by atoms with van der Waals surface area (Å²) in [6.07, 6.45) is 6.76. The molecule has 3 rings (SSSR count). The second-order valence-electron chi connectivity index (χ2n) is 5.98. The number of rotatable bonds is 2. The fourth-order valence-corrected chi connectivity index (χ4v) is 3.42. The van der Waals surface area contributed by atoms with E-state index in [9.17, 15) is 0 Å². The summed E-state index contributed by atoms with van der Waals surface area (Å²) in [7, 11) is 0. The van der Waals surface area contributed by atoms with Crippen molar-refractivity contribution in [3.8, 4) is 0 Å².